The van der Waals surface area contributed by atoms with Crippen LogP contribution in [0.1, 0.15) is 71.1 Å². The van der Waals surface area contributed by atoms with Gasteiger partial charge in [-0.15, -0.1) is 0 Å². The molecule has 1 rings (SSSR count). The van der Waals surface area contributed by atoms with Crippen molar-refractivity contribution in [1.82, 2.24) is 9.55 Å². The van der Waals surface area contributed by atoms with Crippen molar-refractivity contribution < 1.29 is 0 Å². The molecule has 0 amide bonds. The number of nitrogens with one attached hydrogen (secondary N) is 1. The molecule has 4 nitrogen and oxygen atoms in total. The first-order chi connectivity index (χ1) is 10.1. The number of hydrogen-bond donors (Lipinski definition) is 1. The minimum Gasteiger partial charge on any atom is -0.298 e. The summed E-state index contributed by atoms with van der Waals surface area (Å²) in [5.41, 5.74) is -0.733. The monoisotopic (exact) mass is 314 g/mol. The number of nitrogens with zero attached hydrogens (tertiary/aromatic N) is 1. The molecule has 5 heteroatoms. The van der Waals surface area contributed by atoms with Gasteiger partial charge in [0.1, 0.15) is 5.15 Å². The summed E-state index contributed by atoms with van der Waals surface area (Å²) in [6, 6.07) is 1.25. The molecule has 0 radical (unpaired) electrons. The molecule has 1 N–H and O–H groups in total. The molecular weight excluding hydrogens is 288 g/mol. The lowest BCUT2D eigenvalue weighted by atomic mass is 10.1. The van der Waals surface area contributed by atoms with Gasteiger partial charge in [-0.05, 0) is 6.42 Å². The van der Waals surface area contributed by atoms with Crippen molar-refractivity contribution in [3.63, 3.8) is 0 Å². The molecule has 0 unspecified atom stereocenters. The normalized spacial score (nSPS) is 11.0. The lowest BCUT2D eigenvalue weighted by Crippen LogP contribution is -2.34. The van der Waals surface area contributed by atoms with E-state index < -0.39 is 5.69 Å². The van der Waals surface area contributed by atoms with Crippen LogP contribution < -0.4 is 11.2 Å². The van der Waals surface area contributed by atoms with Gasteiger partial charge in [0.25, 0.3) is 5.56 Å². The van der Waals surface area contributed by atoms with E-state index in [4.69, 9.17) is 11.6 Å². The van der Waals surface area contributed by atoms with Crippen molar-refractivity contribution in [2.75, 3.05) is 0 Å². The maximum absolute atomic E-state index is 11.6. The number of H-pyrrole nitrogens is 1. The zero-order valence-electron chi connectivity index (χ0n) is 13.0. The first kappa shape index (κ1) is 18.0. The van der Waals surface area contributed by atoms with Gasteiger partial charge in [0, 0.05) is 12.6 Å². The van der Waals surface area contributed by atoms with Gasteiger partial charge in [-0.1, -0.05) is 76.3 Å². The van der Waals surface area contributed by atoms with Crippen LogP contribution in [0.3, 0.4) is 0 Å². The predicted molar refractivity (Wildman–Crippen MR) is 88.2 cm³/mol. The smallest absolute Gasteiger partial charge is 0.298 e. The average Bonchev–Trinajstić information content (AvgIpc) is 2.43. The minimum atomic E-state index is -0.413. The molecule has 0 aromatic carbocycles. The third-order valence-electron chi connectivity index (χ3n) is 3.72. The van der Waals surface area contributed by atoms with E-state index in [9.17, 15) is 9.59 Å². The summed E-state index contributed by atoms with van der Waals surface area (Å²) in [5, 5.41) is 0.101. The van der Waals surface area contributed by atoms with Crippen LogP contribution in [0, 0.1) is 0 Å². The zero-order valence-corrected chi connectivity index (χ0v) is 13.8. The minimum absolute atomic E-state index is 0.101. The van der Waals surface area contributed by atoms with Crippen molar-refractivity contribution in [2.45, 2.75) is 77.7 Å². The van der Waals surface area contributed by atoms with Gasteiger partial charge in [0.05, 0.1) is 0 Å². The lowest BCUT2D eigenvalue weighted by Gasteiger charge is -2.05. The molecule has 0 aliphatic heterocycles. The van der Waals surface area contributed by atoms with Gasteiger partial charge in [0.15, 0.2) is 0 Å². The summed E-state index contributed by atoms with van der Waals surface area (Å²) in [5.74, 6) is 0. The van der Waals surface area contributed by atoms with Gasteiger partial charge < -0.3 is 0 Å². The fourth-order valence-electron chi connectivity index (χ4n) is 2.46. The Kier molecular flexibility index (Phi) is 9.15. The molecule has 21 heavy (non-hydrogen) atoms. The quantitative estimate of drug-likeness (QED) is 0.493. The van der Waals surface area contributed by atoms with Crippen LogP contribution in [0.15, 0.2) is 15.7 Å². The molecule has 0 saturated carbocycles. The molecule has 120 valence electrons. The standard InChI is InChI=1S/C16H27ClN2O2/c1-2-3-4-5-6-7-8-9-10-11-12-19-15(20)13-14(17)18-16(19)21/h13H,2-12H2,1H3,(H,18,21). The molecule has 0 fully saturated rings. The largest absolute Gasteiger partial charge is 0.329 e. The Bertz CT molecular complexity index is 476. The van der Waals surface area contributed by atoms with E-state index in [0.717, 1.165) is 12.8 Å². The van der Waals surface area contributed by atoms with Crippen LogP contribution in [0.25, 0.3) is 0 Å². The third-order valence-corrected chi connectivity index (χ3v) is 3.93. The molecule has 1 aromatic rings. The summed E-state index contributed by atoms with van der Waals surface area (Å²) in [6.07, 6.45) is 12.3. The summed E-state index contributed by atoms with van der Waals surface area (Å²) in [4.78, 5) is 25.6. The second-order valence-electron chi connectivity index (χ2n) is 5.59. The number of aromatic nitrogens is 2. The highest BCUT2D eigenvalue weighted by atomic mass is 35.5. The fourth-order valence-corrected chi connectivity index (χ4v) is 2.64. The molecule has 0 aliphatic rings. The van der Waals surface area contributed by atoms with Crippen LogP contribution in [-0.2, 0) is 6.54 Å². The number of halogens is 1. The first-order valence-corrected chi connectivity index (χ1v) is 8.52. The highest BCUT2D eigenvalue weighted by molar-refractivity contribution is 6.29. The summed E-state index contributed by atoms with van der Waals surface area (Å²) >= 11 is 5.62. The van der Waals surface area contributed by atoms with E-state index in [2.05, 4.69) is 11.9 Å². The van der Waals surface area contributed by atoms with Crippen molar-refractivity contribution in [2.24, 2.45) is 0 Å². The number of aromatic amines is 1. The molecule has 0 spiro atoms. The Morgan fingerprint density at radius 1 is 0.952 bits per heavy atom. The fraction of sp³-hybridized carbons (Fsp3) is 0.750. The highest BCUT2D eigenvalue weighted by Crippen LogP contribution is 2.10. The topological polar surface area (TPSA) is 54.9 Å². The van der Waals surface area contributed by atoms with Crippen LogP contribution in [-0.4, -0.2) is 9.55 Å². The van der Waals surface area contributed by atoms with Crippen molar-refractivity contribution in [1.29, 1.82) is 0 Å². The highest BCUT2D eigenvalue weighted by Gasteiger charge is 2.02. The Balaban J connectivity index is 2.10. The molecule has 0 atom stereocenters. The van der Waals surface area contributed by atoms with E-state index in [-0.39, 0.29) is 10.7 Å². The van der Waals surface area contributed by atoms with Gasteiger partial charge in [-0.2, -0.15) is 0 Å². The van der Waals surface area contributed by atoms with E-state index >= 15 is 0 Å². The maximum Gasteiger partial charge on any atom is 0.329 e. The van der Waals surface area contributed by atoms with Crippen LogP contribution in [0.2, 0.25) is 5.15 Å². The van der Waals surface area contributed by atoms with E-state index in [1.54, 1.807) is 0 Å². The maximum atomic E-state index is 11.6. The number of rotatable bonds is 11. The SMILES string of the molecule is CCCCCCCCCCCCn1c(=O)cc(Cl)[nH]c1=O. The summed E-state index contributed by atoms with van der Waals surface area (Å²) < 4.78 is 1.22. The van der Waals surface area contributed by atoms with Gasteiger partial charge >= 0.3 is 5.69 Å². The number of hydrogen-bond acceptors (Lipinski definition) is 2. The molecule has 1 aromatic heterocycles. The van der Waals surface area contributed by atoms with Crippen LogP contribution >= 0.6 is 11.6 Å². The van der Waals surface area contributed by atoms with Gasteiger partial charge in [0.2, 0.25) is 0 Å². The van der Waals surface area contributed by atoms with Crippen molar-refractivity contribution in [3.8, 4) is 0 Å². The van der Waals surface area contributed by atoms with E-state index in [0.29, 0.717) is 6.54 Å². The summed E-state index contributed by atoms with van der Waals surface area (Å²) in [6.45, 7) is 2.71. The number of unbranched alkanes of at least 4 members (excludes halogenated alkanes) is 9. The molecule has 0 aliphatic carbocycles. The van der Waals surface area contributed by atoms with Gasteiger partial charge in [-0.3, -0.25) is 14.3 Å². The van der Waals surface area contributed by atoms with Crippen LogP contribution in [0.4, 0.5) is 0 Å². The van der Waals surface area contributed by atoms with Crippen LogP contribution in [0.5, 0.6) is 0 Å². The second-order valence-corrected chi connectivity index (χ2v) is 6.00. The van der Waals surface area contributed by atoms with E-state index in [1.165, 1.54) is 62.0 Å². The molecule has 0 saturated heterocycles. The van der Waals surface area contributed by atoms with Crippen molar-refractivity contribution >= 4 is 11.6 Å². The third kappa shape index (κ3) is 7.51. The summed E-state index contributed by atoms with van der Waals surface area (Å²) in [7, 11) is 0. The molecular formula is C16H27ClN2O2. The Morgan fingerprint density at radius 2 is 1.48 bits per heavy atom. The average molecular weight is 315 g/mol. The van der Waals surface area contributed by atoms with Gasteiger partial charge in [-0.25, -0.2) is 4.79 Å². The predicted octanol–water partition coefficient (Wildman–Crippen LogP) is 4.11. The zero-order chi connectivity index (χ0) is 15.5. The Labute approximate surface area is 131 Å². The van der Waals surface area contributed by atoms with E-state index in [1.807, 2.05) is 0 Å². The Morgan fingerprint density at radius 3 is 2.00 bits per heavy atom. The first-order valence-electron chi connectivity index (χ1n) is 8.15. The lowest BCUT2D eigenvalue weighted by molar-refractivity contribution is 0.521. The Hall–Kier alpha value is -1.03. The van der Waals surface area contributed by atoms with Crippen molar-refractivity contribution in [3.05, 3.63) is 32.1 Å². The second kappa shape index (κ2) is 10.7. The molecule has 0 bridgehead atoms. The molecule has 1 heterocycles.